The number of thiophene rings is 1. The molecule has 5 rings (SSSR count). The van der Waals surface area contributed by atoms with E-state index in [2.05, 4.69) is 21.2 Å². The molecule has 39 heavy (non-hydrogen) atoms. The van der Waals surface area contributed by atoms with Gasteiger partial charge in [0, 0.05) is 24.8 Å². The Labute approximate surface area is 238 Å². The zero-order valence-corrected chi connectivity index (χ0v) is 23.9. The maximum Gasteiger partial charge on any atom is 0.349 e. The number of nitrogens with zero attached hydrogens (tertiary/aromatic N) is 1. The fourth-order valence-corrected chi connectivity index (χ4v) is 8.07. The highest BCUT2D eigenvalue weighted by atomic mass is 79.9. The first-order valence-electron chi connectivity index (χ1n) is 12.3. The number of carboxylic acid groups (broad SMARTS) is 1. The Morgan fingerprint density at radius 2 is 1.82 bits per heavy atom. The average molecular weight is 630 g/mol. The number of nitrogens with one attached hydrogen (secondary N) is 1. The van der Waals surface area contributed by atoms with Crippen LogP contribution in [0.15, 0.2) is 76.1 Å². The summed E-state index contributed by atoms with van der Waals surface area (Å²) in [6.07, 6.45) is 1.86. The van der Waals surface area contributed by atoms with Crippen molar-refractivity contribution in [3.05, 3.63) is 76.1 Å². The molecule has 8 nitrogen and oxygen atoms in total. The number of rotatable bonds is 9. The molecule has 11 heteroatoms. The highest BCUT2D eigenvalue weighted by Crippen LogP contribution is 2.46. The van der Waals surface area contributed by atoms with E-state index in [9.17, 15) is 23.1 Å². The standard InChI is InChI=1S/C28H25BrN2O6S2/c29-24-25(37-15-14-32)27(28(33)34)38-26(24)20-6-3-7-22(16-20)30-21-10-12-31(13-11-21)39(35,36)23-9-8-18-4-1-2-5-19(18)17-23/h1-9,14,16-17,21,30H,10-13,15H2,(H,33,34). The number of hydrogen-bond acceptors (Lipinski definition) is 7. The second-order valence-electron chi connectivity index (χ2n) is 9.10. The van der Waals surface area contributed by atoms with Crippen LogP contribution in [-0.4, -0.2) is 55.8 Å². The van der Waals surface area contributed by atoms with Crippen molar-refractivity contribution in [1.82, 2.24) is 4.31 Å². The van der Waals surface area contributed by atoms with Gasteiger partial charge in [-0.1, -0.05) is 42.5 Å². The smallest absolute Gasteiger partial charge is 0.349 e. The van der Waals surface area contributed by atoms with Gasteiger partial charge in [0.15, 0.2) is 16.9 Å². The Morgan fingerprint density at radius 1 is 1.08 bits per heavy atom. The minimum absolute atomic E-state index is 0.0112. The molecule has 1 aliphatic rings. The molecule has 0 radical (unpaired) electrons. The third kappa shape index (κ3) is 5.72. The van der Waals surface area contributed by atoms with Crippen molar-refractivity contribution >= 4 is 66.0 Å². The molecule has 0 bridgehead atoms. The van der Waals surface area contributed by atoms with Gasteiger partial charge in [-0.3, -0.25) is 4.79 Å². The summed E-state index contributed by atoms with van der Waals surface area (Å²) in [6.45, 7) is 0.566. The van der Waals surface area contributed by atoms with Crippen LogP contribution in [0.25, 0.3) is 21.2 Å². The van der Waals surface area contributed by atoms with E-state index in [4.69, 9.17) is 4.74 Å². The number of carbonyl (C=O) groups is 2. The lowest BCUT2D eigenvalue weighted by molar-refractivity contribution is -0.109. The number of piperidine rings is 1. The number of aromatic carboxylic acids is 1. The monoisotopic (exact) mass is 628 g/mol. The second kappa shape index (κ2) is 11.5. The van der Waals surface area contributed by atoms with Gasteiger partial charge in [-0.25, -0.2) is 13.2 Å². The first-order chi connectivity index (χ1) is 18.8. The van der Waals surface area contributed by atoms with Crippen molar-refractivity contribution in [3.63, 3.8) is 0 Å². The van der Waals surface area contributed by atoms with Gasteiger partial charge in [0.05, 0.1) is 14.2 Å². The number of halogens is 1. The topological polar surface area (TPSA) is 113 Å². The summed E-state index contributed by atoms with van der Waals surface area (Å²) in [5, 5.41) is 15.0. The average Bonchev–Trinajstić information content (AvgIpc) is 3.28. The van der Waals surface area contributed by atoms with Crippen LogP contribution in [0.4, 0.5) is 5.69 Å². The number of benzene rings is 3. The minimum atomic E-state index is -3.59. The summed E-state index contributed by atoms with van der Waals surface area (Å²) in [6, 6.07) is 20.6. The van der Waals surface area contributed by atoms with E-state index in [0.717, 1.165) is 33.4 Å². The van der Waals surface area contributed by atoms with E-state index >= 15 is 0 Å². The predicted octanol–water partition coefficient (Wildman–Crippen LogP) is 5.87. The Bertz CT molecular complexity index is 1650. The molecule has 0 amide bonds. The van der Waals surface area contributed by atoms with Gasteiger partial charge in [0.2, 0.25) is 10.0 Å². The largest absolute Gasteiger partial charge is 0.483 e. The van der Waals surface area contributed by atoms with Gasteiger partial charge in [0.1, 0.15) is 6.61 Å². The molecule has 1 aliphatic heterocycles. The Hall–Kier alpha value is -3.25. The molecular formula is C28H25BrN2O6S2. The third-order valence-corrected chi connectivity index (χ3v) is 10.7. The van der Waals surface area contributed by atoms with Crippen LogP contribution in [0.1, 0.15) is 22.5 Å². The summed E-state index contributed by atoms with van der Waals surface area (Å²) >= 11 is 4.51. The fraction of sp³-hybridized carbons (Fsp3) is 0.214. The maximum atomic E-state index is 13.3. The first kappa shape index (κ1) is 27.3. The van der Waals surface area contributed by atoms with Gasteiger partial charge in [-0.15, -0.1) is 11.3 Å². The quantitative estimate of drug-likeness (QED) is 0.223. The molecule has 0 aliphatic carbocycles. The Kier molecular flexibility index (Phi) is 8.03. The number of hydrogen-bond donors (Lipinski definition) is 2. The molecule has 2 heterocycles. The highest BCUT2D eigenvalue weighted by molar-refractivity contribution is 9.10. The number of fused-ring (bicyclic) bond motifs is 1. The molecule has 2 N–H and O–H groups in total. The molecule has 202 valence electrons. The predicted molar refractivity (Wildman–Crippen MR) is 155 cm³/mol. The van der Waals surface area contributed by atoms with Crippen LogP contribution < -0.4 is 10.1 Å². The number of carbonyl (C=O) groups excluding carboxylic acids is 1. The number of carboxylic acids is 1. The number of sulfonamides is 1. The molecule has 3 aromatic carbocycles. The summed E-state index contributed by atoms with van der Waals surface area (Å²) in [5.74, 6) is -1.000. The van der Waals surface area contributed by atoms with Crippen LogP contribution in [0, 0.1) is 0 Å². The van der Waals surface area contributed by atoms with Gasteiger partial charge in [0.25, 0.3) is 0 Å². The number of ether oxygens (including phenoxy) is 1. The van der Waals surface area contributed by atoms with E-state index in [1.165, 1.54) is 0 Å². The number of aldehydes is 1. The Balaban J connectivity index is 1.28. The van der Waals surface area contributed by atoms with Crippen LogP contribution in [0.2, 0.25) is 0 Å². The SMILES string of the molecule is O=CCOc1c(C(=O)O)sc(-c2cccc(NC3CCN(S(=O)(=O)c4ccc5ccccc5c4)CC3)c2)c1Br. The van der Waals surface area contributed by atoms with E-state index in [1.807, 2.05) is 54.6 Å². The van der Waals surface area contributed by atoms with Gasteiger partial charge in [-0.05, 0) is 69.4 Å². The van der Waals surface area contributed by atoms with Crippen LogP contribution in [-0.2, 0) is 14.8 Å². The molecule has 0 unspecified atom stereocenters. The van der Waals surface area contributed by atoms with E-state index in [1.54, 1.807) is 16.4 Å². The summed E-state index contributed by atoms with van der Waals surface area (Å²) < 4.78 is 34.0. The first-order valence-corrected chi connectivity index (χ1v) is 15.3. The normalized spacial score (nSPS) is 14.8. The summed E-state index contributed by atoms with van der Waals surface area (Å²) in [5.41, 5.74) is 1.63. The van der Waals surface area contributed by atoms with Crippen molar-refractivity contribution < 1.29 is 27.9 Å². The van der Waals surface area contributed by atoms with Crippen molar-refractivity contribution in [2.24, 2.45) is 0 Å². The lowest BCUT2D eigenvalue weighted by atomic mass is 10.1. The summed E-state index contributed by atoms with van der Waals surface area (Å²) in [4.78, 5) is 23.5. The van der Waals surface area contributed by atoms with Crippen LogP contribution >= 0.6 is 27.3 Å². The maximum absolute atomic E-state index is 13.3. The fourth-order valence-electron chi connectivity index (χ4n) is 4.67. The van der Waals surface area contributed by atoms with E-state index in [0.29, 0.717) is 46.5 Å². The molecular weight excluding hydrogens is 604 g/mol. The molecule has 0 atom stereocenters. The van der Waals surface area contributed by atoms with Crippen molar-refractivity contribution in [2.45, 2.75) is 23.8 Å². The highest BCUT2D eigenvalue weighted by Gasteiger charge is 2.30. The zero-order chi connectivity index (χ0) is 27.6. The second-order valence-corrected chi connectivity index (χ2v) is 12.9. The lowest BCUT2D eigenvalue weighted by Crippen LogP contribution is -2.42. The summed E-state index contributed by atoms with van der Waals surface area (Å²) in [7, 11) is -3.59. The van der Waals surface area contributed by atoms with Gasteiger partial charge < -0.3 is 15.2 Å². The van der Waals surface area contributed by atoms with E-state index in [-0.39, 0.29) is 23.3 Å². The van der Waals surface area contributed by atoms with E-state index < -0.39 is 16.0 Å². The molecule has 4 aromatic rings. The molecule has 0 spiro atoms. The van der Waals surface area contributed by atoms with Crippen molar-refractivity contribution in [3.8, 4) is 16.2 Å². The van der Waals surface area contributed by atoms with Crippen molar-refractivity contribution in [2.75, 3.05) is 25.0 Å². The van der Waals surface area contributed by atoms with Crippen LogP contribution in [0.5, 0.6) is 5.75 Å². The molecule has 0 saturated carbocycles. The Morgan fingerprint density at radius 3 is 2.54 bits per heavy atom. The molecule has 1 saturated heterocycles. The van der Waals surface area contributed by atoms with Gasteiger partial charge >= 0.3 is 5.97 Å². The lowest BCUT2D eigenvalue weighted by Gasteiger charge is -2.32. The zero-order valence-electron chi connectivity index (χ0n) is 20.7. The molecule has 1 fully saturated rings. The molecule has 1 aromatic heterocycles. The third-order valence-electron chi connectivity index (χ3n) is 6.61. The minimum Gasteiger partial charge on any atom is -0.483 e. The number of anilines is 1. The van der Waals surface area contributed by atoms with Gasteiger partial charge in [-0.2, -0.15) is 4.31 Å². The van der Waals surface area contributed by atoms with Crippen LogP contribution in [0.3, 0.4) is 0 Å². The van der Waals surface area contributed by atoms with Crippen molar-refractivity contribution in [1.29, 1.82) is 0 Å².